The molecule has 0 saturated carbocycles. The second kappa shape index (κ2) is 4.94. The molecule has 2 aromatic rings. The average Bonchev–Trinajstić information content (AvgIpc) is 2.80. The van der Waals surface area contributed by atoms with Gasteiger partial charge in [0.15, 0.2) is 0 Å². The van der Waals surface area contributed by atoms with Gasteiger partial charge in [0.2, 0.25) is 0 Å². The van der Waals surface area contributed by atoms with Gasteiger partial charge in [-0.1, -0.05) is 43.0 Å². The van der Waals surface area contributed by atoms with Gasteiger partial charge in [0.1, 0.15) is 0 Å². The first-order valence-electron chi connectivity index (χ1n) is 5.12. The topological polar surface area (TPSA) is 0 Å². The third kappa shape index (κ3) is 2.80. The smallest absolute Gasteiger partial charge is 0.00485 e. The second-order valence-electron chi connectivity index (χ2n) is 3.53. The van der Waals surface area contributed by atoms with Crippen molar-refractivity contribution in [3.8, 4) is 0 Å². The average molecular weight is 214 g/mol. The third-order valence-electron chi connectivity index (χ3n) is 2.46. The van der Waals surface area contributed by atoms with Crippen molar-refractivity contribution in [3.05, 3.63) is 64.4 Å². The van der Waals surface area contributed by atoms with E-state index in [-0.39, 0.29) is 0 Å². The van der Waals surface area contributed by atoms with E-state index in [1.807, 2.05) is 17.4 Å². The van der Waals surface area contributed by atoms with Gasteiger partial charge in [0, 0.05) is 4.88 Å². The van der Waals surface area contributed by atoms with Crippen LogP contribution in [0.3, 0.4) is 0 Å². The summed E-state index contributed by atoms with van der Waals surface area (Å²) >= 11 is 1.83. The molecule has 0 aliphatic rings. The maximum absolute atomic E-state index is 3.75. The SMILES string of the molecule is C=Cc1ccc(CCc2cccs2)cc1. The van der Waals surface area contributed by atoms with Crippen LogP contribution in [0.5, 0.6) is 0 Å². The van der Waals surface area contributed by atoms with Crippen LogP contribution in [-0.4, -0.2) is 0 Å². The Labute approximate surface area is 94.9 Å². The molecular formula is C14H14S. The molecule has 1 aromatic carbocycles. The summed E-state index contributed by atoms with van der Waals surface area (Å²) in [5.41, 5.74) is 2.59. The summed E-state index contributed by atoms with van der Waals surface area (Å²) in [5.74, 6) is 0. The van der Waals surface area contributed by atoms with Crippen LogP contribution in [0, 0.1) is 0 Å². The lowest BCUT2D eigenvalue weighted by Crippen LogP contribution is -1.88. The quantitative estimate of drug-likeness (QED) is 0.716. The Balaban J connectivity index is 1.96. The van der Waals surface area contributed by atoms with Crippen LogP contribution >= 0.6 is 11.3 Å². The highest BCUT2D eigenvalue weighted by Gasteiger charge is 1.96. The Morgan fingerprint density at radius 2 is 1.87 bits per heavy atom. The lowest BCUT2D eigenvalue weighted by molar-refractivity contribution is 0.981. The Bertz CT molecular complexity index is 409. The van der Waals surface area contributed by atoms with Crippen molar-refractivity contribution in [1.29, 1.82) is 0 Å². The number of rotatable bonds is 4. The van der Waals surface area contributed by atoms with Crippen molar-refractivity contribution in [1.82, 2.24) is 0 Å². The maximum Gasteiger partial charge on any atom is 0.00485 e. The summed E-state index contributed by atoms with van der Waals surface area (Å²) in [6.45, 7) is 3.75. The van der Waals surface area contributed by atoms with Crippen molar-refractivity contribution in [2.45, 2.75) is 12.8 Å². The minimum Gasteiger partial charge on any atom is -0.149 e. The minimum absolute atomic E-state index is 1.12. The molecule has 1 heterocycles. The fourth-order valence-electron chi connectivity index (χ4n) is 1.54. The molecule has 1 heteroatoms. The zero-order valence-electron chi connectivity index (χ0n) is 8.65. The third-order valence-corrected chi connectivity index (χ3v) is 3.39. The number of hydrogen-bond acceptors (Lipinski definition) is 1. The fraction of sp³-hybridized carbons (Fsp3) is 0.143. The summed E-state index contributed by atoms with van der Waals surface area (Å²) in [5, 5.41) is 2.14. The summed E-state index contributed by atoms with van der Waals surface area (Å²) in [7, 11) is 0. The van der Waals surface area contributed by atoms with Crippen molar-refractivity contribution in [2.75, 3.05) is 0 Å². The molecule has 0 N–H and O–H groups in total. The highest BCUT2D eigenvalue weighted by Crippen LogP contribution is 2.13. The number of aryl methyl sites for hydroxylation is 2. The highest BCUT2D eigenvalue weighted by atomic mass is 32.1. The lowest BCUT2D eigenvalue weighted by Gasteiger charge is -2.00. The molecule has 76 valence electrons. The van der Waals surface area contributed by atoms with Crippen molar-refractivity contribution < 1.29 is 0 Å². The lowest BCUT2D eigenvalue weighted by atomic mass is 10.1. The highest BCUT2D eigenvalue weighted by molar-refractivity contribution is 7.09. The summed E-state index contributed by atoms with van der Waals surface area (Å²) in [6, 6.07) is 12.9. The Morgan fingerprint density at radius 1 is 1.07 bits per heavy atom. The molecule has 15 heavy (non-hydrogen) atoms. The van der Waals surface area contributed by atoms with Gasteiger partial charge in [-0.05, 0) is 35.4 Å². The molecule has 0 bridgehead atoms. The molecule has 0 nitrogen and oxygen atoms in total. The largest absolute Gasteiger partial charge is 0.149 e. The van der Waals surface area contributed by atoms with Gasteiger partial charge < -0.3 is 0 Å². The van der Waals surface area contributed by atoms with Gasteiger partial charge in [-0.3, -0.25) is 0 Å². The predicted molar refractivity (Wildman–Crippen MR) is 68.3 cm³/mol. The van der Waals surface area contributed by atoms with E-state index in [1.54, 1.807) is 0 Å². The van der Waals surface area contributed by atoms with Gasteiger partial charge in [0.25, 0.3) is 0 Å². The molecule has 1 aromatic heterocycles. The van der Waals surface area contributed by atoms with Crippen LogP contribution in [0.2, 0.25) is 0 Å². The van der Waals surface area contributed by atoms with Crippen LogP contribution in [-0.2, 0) is 12.8 Å². The maximum atomic E-state index is 3.75. The van der Waals surface area contributed by atoms with Crippen LogP contribution < -0.4 is 0 Å². The van der Waals surface area contributed by atoms with E-state index in [4.69, 9.17) is 0 Å². The molecule has 0 atom stereocenters. The van der Waals surface area contributed by atoms with E-state index in [2.05, 4.69) is 48.4 Å². The molecular weight excluding hydrogens is 200 g/mol. The molecule has 0 saturated heterocycles. The summed E-state index contributed by atoms with van der Waals surface area (Å²) in [4.78, 5) is 1.46. The van der Waals surface area contributed by atoms with E-state index in [9.17, 15) is 0 Å². The zero-order chi connectivity index (χ0) is 10.5. The second-order valence-corrected chi connectivity index (χ2v) is 4.56. The summed E-state index contributed by atoms with van der Waals surface area (Å²) in [6.07, 6.45) is 4.14. The van der Waals surface area contributed by atoms with Crippen LogP contribution in [0.4, 0.5) is 0 Å². The molecule has 0 aliphatic heterocycles. The Hall–Kier alpha value is -1.34. The fourth-order valence-corrected chi connectivity index (χ4v) is 2.25. The van der Waals surface area contributed by atoms with Gasteiger partial charge >= 0.3 is 0 Å². The molecule has 0 unspecified atom stereocenters. The monoisotopic (exact) mass is 214 g/mol. The molecule has 0 radical (unpaired) electrons. The molecule has 0 amide bonds. The van der Waals surface area contributed by atoms with E-state index >= 15 is 0 Å². The van der Waals surface area contributed by atoms with E-state index < -0.39 is 0 Å². The van der Waals surface area contributed by atoms with Crippen molar-refractivity contribution >= 4 is 17.4 Å². The van der Waals surface area contributed by atoms with Crippen molar-refractivity contribution in [2.24, 2.45) is 0 Å². The zero-order valence-corrected chi connectivity index (χ0v) is 9.46. The molecule has 2 rings (SSSR count). The number of thiophene rings is 1. The Morgan fingerprint density at radius 3 is 2.47 bits per heavy atom. The van der Waals surface area contributed by atoms with E-state index in [0.717, 1.165) is 12.8 Å². The molecule has 0 aliphatic carbocycles. The number of benzene rings is 1. The molecule has 0 spiro atoms. The van der Waals surface area contributed by atoms with Gasteiger partial charge in [-0.2, -0.15) is 0 Å². The van der Waals surface area contributed by atoms with Crippen LogP contribution in [0.25, 0.3) is 6.08 Å². The Kier molecular flexibility index (Phi) is 3.36. The first kappa shape index (κ1) is 10.2. The van der Waals surface area contributed by atoms with E-state index in [0.29, 0.717) is 0 Å². The van der Waals surface area contributed by atoms with Gasteiger partial charge in [-0.15, -0.1) is 11.3 Å². The van der Waals surface area contributed by atoms with Gasteiger partial charge in [-0.25, -0.2) is 0 Å². The van der Waals surface area contributed by atoms with Gasteiger partial charge in [0.05, 0.1) is 0 Å². The first-order chi connectivity index (χ1) is 7.38. The molecule has 0 fully saturated rings. The van der Waals surface area contributed by atoms with E-state index in [1.165, 1.54) is 16.0 Å². The first-order valence-corrected chi connectivity index (χ1v) is 6.00. The summed E-state index contributed by atoms with van der Waals surface area (Å²) < 4.78 is 0. The van der Waals surface area contributed by atoms with Crippen LogP contribution in [0.1, 0.15) is 16.0 Å². The minimum atomic E-state index is 1.12. The number of hydrogen-bond donors (Lipinski definition) is 0. The standard InChI is InChI=1S/C14H14S/c1-2-12-5-7-13(8-6-12)9-10-14-4-3-11-15-14/h2-8,11H,1,9-10H2. The van der Waals surface area contributed by atoms with Crippen molar-refractivity contribution in [3.63, 3.8) is 0 Å². The normalized spacial score (nSPS) is 10.1. The predicted octanol–water partition coefficient (Wildman–Crippen LogP) is 4.18. The van der Waals surface area contributed by atoms with Crippen LogP contribution in [0.15, 0.2) is 48.4 Å².